The molecule has 0 unspecified atom stereocenters. The van der Waals surface area contributed by atoms with Crippen molar-refractivity contribution in [3.05, 3.63) is 29.3 Å². The van der Waals surface area contributed by atoms with Crippen LogP contribution in [0.4, 0.5) is 0 Å². The maximum Gasteiger partial charge on any atom is 0.257 e. The fourth-order valence-electron chi connectivity index (χ4n) is 2.73. The largest absolute Gasteiger partial charge is 0.483 e. The molecule has 1 saturated heterocycles. The number of hydrogen-bond acceptors (Lipinski definition) is 3. The second kappa shape index (κ2) is 8.39. The zero-order valence-electron chi connectivity index (χ0n) is 13.7. The zero-order valence-corrected chi connectivity index (χ0v) is 14.5. The van der Waals surface area contributed by atoms with E-state index in [1.54, 1.807) is 0 Å². The third kappa shape index (κ3) is 5.18. The van der Waals surface area contributed by atoms with Gasteiger partial charge in [0.25, 0.3) is 5.91 Å². The molecule has 0 bridgehead atoms. The number of amides is 1. The number of hydrogen-bond donors (Lipinski definition) is 2. The van der Waals surface area contributed by atoms with E-state index in [-0.39, 0.29) is 30.3 Å². The van der Waals surface area contributed by atoms with Gasteiger partial charge in [-0.15, -0.1) is 12.4 Å². The molecule has 1 heterocycles. The monoisotopic (exact) mass is 326 g/mol. The summed E-state index contributed by atoms with van der Waals surface area (Å²) in [5.41, 5.74) is 2.33. The number of carbonyl (C=O) groups is 1. The van der Waals surface area contributed by atoms with E-state index >= 15 is 0 Å². The average molecular weight is 327 g/mol. The van der Waals surface area contributed by atoms with Crippen LogP contribution in [-0.2, 0) is 4.79 Å². The van der Waals surface area contributed by atoms with Gasteiger partial charge in [0.1, 0.15) is 5.75 Å². The predicted octanol–water partition coefficient (Wildman–Crippen LogP) is 2.61. The molecule has 5 heteroatoms. The maximum atomic E-state index is 12.0. The number of rotatable bonds is 5. The van der Waals surface area contributed by atoms with Gasteiger partial charge in [0.15, 0.2) is 6.61 Å². The van der Waals surface area contributed by atoms with Crippen LogP contribution in [0, 0.1) is 19.3 Å². The van der Waals surface area contributed by atoms with Crippen LogP contribution < -0.4 is 15.4 Å². The number of para-hydroxylation sites is 1. The van der Waals surface area contributed by atoms with E-state index in [0.717, 1.165) is 49.4 Å². The number of ether oxygens (including phenoxy) is 1. The first-order valence-electron chi connectivity index (χ1n) is 7.67. The molecule has 0 radical (unpaired) electrons. The van der Waals surface area contributed by atoms with Gasteiger partial charge in [0.05, 0.1) is 0 Å². The first-order valence-corrected chi connectivity index (χ1v) is 7.67. The molecule has 0 aromatic heterocycles. The molecule has 0 atom stereocenters. The lowest BCUT2D eigenvalue weighted by atomic mass is 9.81. The molecule has 22 heavy (non-hydrogen) atoms. The van der Waals surface area contributed by atoms with Gasteiger partial charge in [0, 0.05) is 6.54 Å². The van der Waals surface area contributed by atoms with E-state index < -0.39 is 0 Å². The topological polar surface area (TPSA) is 50.4 Å². The molecular weight excluding hydrogens is 300 g/mol. The van der Waals surface area contributed by atoms with Crippen molar-refractivity contribution in [2.75, 3.05) is 26.2 Å². The summed E-state index contributed by atoms with van der Waals surface area (Å²) >= 11 is 0. The highest BCUT2D eigenvalue weighted by Crippen LogP contribution is 2.26. The molecule has 2 rings (SSSR count). The van der Waals surface area contributed by atoms with Crippen molar-refractivity contribution in [1.82, 2.24) is 10.6 Å². The van der Waals surface area contributed by atoms with Gasteiger partial charge >= 0.3 is 0 Å². The van der Waals surface area contributed by atoms with Crippen molar-refractivity contribution in [1.29, 1.82) is 0 Å². The molecule has 0 aliphatic carbocycles. The van der Waals surface area contributed by atoms with Crippen LogP contribution in [0.15, 0.2) is 18.2 Å². The lowest BCUT2D eigenvalue weighted by Gasteiger charge is -2.34. The lowest BCUT2D eigenvalue weighted by molar-refractivity contribution is -0.123. The fourth-order valence-corrected chi connectivity index (χ4v) is 2.73. The standard InChI is InChI=1S/C17H26N2O2.ClH/c1-13-5-4-6-14(2)16(13)21-11-15(20)19-12-17(3)7-9-18-10-8-17;/h4-6,18H,7-12H2,1-3H3,(H,19,20);1H. The van der Waals surface area contributed by atoms with Crippen molar-refractivity contribution < 1.29 is 9.53 Å². The van der Waals surface area contributed by atoms with Gasteiger partial charge in [0.2, 0.25) is 0 Å². The van der Waals surface area contributed by atoms with Crippen LogP contribution in [0.25, 0.3) is 0 Å². The van der Waals surface area contributed by atoms with Crippen molar-refractivity contribution in [3.63, 3.8) is 0 Å². The number of benzene rings is 1. The van der Waals surface area contributed by atoms with Crippen molar-refractivity contribution in [2.24, 2.45) is 5.41 Å². The van der Waals surface area contributed by atoms with E-state index in [9.17, 15) is 4.79 Å². The highest BCUT2D eigenvalue weighted by molar-refractivity contribution is 5.85. The molecular formula is C17H27ClN2O2. The Labute approximate surface area is 139 Å². The van der Waals surface area contributed by atoms with Gasteiger partial charge in [-0.05, 0) is 56.3 Å². The SMILES string of the molecule is Cc1cccc(C)c1OCC(=O)NCC1(C)CCNCC1.Cl. The summed E-state index contributed by atoms with van der Waals surface area (Å²) in [6, 6.07) is 5.99. The molecule has 1 amide bonds. The first kappa shape index (κ1) is 18.8. The molecule has 2 N–H and O–H groups in total. The predicted molar refractivity (Wildman–Crippen MR) is 91.9 cm³/mol. The second-order valence-corrected chi connectivity index (χ2v) is 6.35. The van der Waals surface area contributed by atoms with Crippen LogP contribution in [0.1, 0.15) is 30.9 Å². The van der Waals surface area contributed by atoms with Gasteiger partial charge in [-0.2, -0.15) is 0 Å². The minimum absolute atomic E-state index is 0. The van der Waals surface area contributed by atoms with Crippen LogP contribution in [0.3, 0.4) is 0 Å². The summed E-state index contributed by atoms with van der Waals surface area (Å²) in [7, 11) is 0. The highest BCUT2D eigenvalue weighted by atomic mass is 35.5. The zero-order chi connectivity index (χ0) is 15.3. The number of piperidine rings is 1. The Kier molecular flexibility index (Phi) is 7.17. The molecule has 1 fully saturated rings. The minimum atomic E-state index is -0.0441. The van der Waals surface area contributed by atoms with E-state index in [2.05, 4.69) is 17.6 Å². The van der Waals surface area contributed by atoms with Crippen LogP contribution in [0.5, 0.6) is 5.75 Å². The molecule has 1 aliphatic heterocycles. The second-order valence-electron chi connectivity index (χ2n) is 6.35. The Hall–Kier alpha value is -1.26. The molecule has 1 aromatic rings. The number of aryl methyl sites for hydroxylation is 2. The third-order valence-electron chi connectivity index (χ3n) is 4.28. The first-order chi connectivity index (χ1) is 10.0. The highest BCUT2D eigenvalue weighted by Gasteiger charge is 2.27. The molecule has 0 spiro atoms. The van der Waals surface area contributed by atoms with E-state index in [1.807, 2.05) is 32.0 Å². The maximum absolute atomic E-state index is 12.0. The molecule has 124 valence electrons. The fraction of sp³-hybridized carbons (Fsp3) is 0.588. The Morgan fingerprint density at radius 1 is 1.27 bits per heavy atom. The normalized spacial score (nSPS) is 16.5. The smallest absolute Gasteiger partial charge is 0.257 e. The van der Waals surface area contributed by atoms with Gasteiger partial charge in [-0.1, -0.05) is 25.1 Å². The summed E-state index contributed by atoms with van der Waals surface area (Å²) in [5, 5.41) is 6.36. The van der Waals surface area contributed by atoms with Gasteiger partial charge in [-0.25, -0.2) is 0 Å². The summed E-state index contributed by atoms with van der Waals surface area (Å²) in [4.78, 5) is 12.0. The van der Waals surface area contributed by atoms with Crippen molar-refractivity contribution in [2.45, 2.75) is 33.6 Å². The minimum Gasteiger partial charge on any atom is -0.483 e. The van der Waals surface area contributed by atoms with Gasteiger partial charge in [-0.3, -0.25) is 4.79 Å². The third-order valence-corrected chi connectivity index (χ3v) is 4.28. The number of carbonyl (C=O) groups excluding carboxylic acids is 1. The van der Waals surface area contributed by atoms with Crippen LogP contribution in [0.2, 0.25) is 0 Å². The van der Waals surface area contributed by atoms with Crippen molar-refractivity contribution >= 4 is 18.3 Å². The van der Waals surface area contributed by atoms with Crippen LogP contribution >= 0.6 is 12.4 Å². The van der Waals surface area contributed by atoms with Gasteiger partial charge < -0.3 is 15.4 Å². The summed E-state index contributed by atoms with van der Waals surface area (Å²) in [5.74, 6) is 0.776. The molecule has 1 aliphatic rings. The average Bonchev–Trinajstić information content (AvgIpc) is 2.45. The number of nitrogens with one attached hydrogen (secondary N) is 2. The molecule has 4 nitrogen and oxygen atoms in total. The van der Waals surface area contributed by atoms with Crippen LogP contribution in [-0.4, -0.2) is 32.1 Å². The Morgan fingerprint density at radius 3 is 2.45 bits per heavy atom. The Morgan fingerprint density at radius 2 is 1.86 bits per heavy atom. The van der Waals surface area contributed by atoms with E-state index in [4.69, 9.17) is 4.74 Å². The molecule has 1 aromatic carbocycles. The van der Waals surface area contributed by atoms with Crippen molar-refractivity contribution in [3.8, 4) is 5.75 Å². The Bertz CT molecular complexity index is 479. The number of halogens is 1. The quantitative estimate of drug-likeness (QED) is 0.874. The summed E-state index contributed by atoms with van der Waals surface area (Å²) < 4.78 is 5.68. The van der Waals surface area contributed by atoms with E-state index in [0.29, 0.717) is 0 Å². The lowest BCUT2D eigenvalue weighted by Crippen LogP contribution is -2.43. The van der Waals surface area contributed by atoms with E-state index in [1.165, 1.54) is 0 Å². The summed E-state index contributed by atoms with van der Waals surface area (Å²) in [6.45, 7) is 9.10. The molecule has 0 saturated carbocycles. The summed E-state index contributed by atoms with van der Waals surface area (Å²) in [6.07, 6.45) is 2.20. The Balaban J connectivity index is 0.00000242.